The van der Waals surface area contributed by atoms with Crippen LogP contribution in [0.2, 0.25) is 0 Å². The summed E-state index contributed by atoms with van der Waals surface area (Å²) in [5, 5.41) is 12.4. The predicted octanol–water partition coefficient (Wildman–Crippen LogP) is 1.69. The zero-order valence-corrected chi connectivity index (χ0v) is 11.4. The van der Waals surface area contributed by atoms with Gasteiger partial charge in [-0.25, -0.2) is 4.98 Å². The Kier molecular flexibility index (Phi) is 6.95. The molecule has 0 spiro atoms. The maximum absolute atomic E-state index is 8.96. The van der Waals surface area contributed by atoms with E-state index in [4.69, 9.17) is 5.11 Å². The largest absolute Gasteiger partial charge is 0.396 e. The molecule has 16 heavy (non-hydrogen) atoms. The first-order valence-corrected chi connectivity index (χ1v) is 7.29. The topological polar surface area (TPSA) is 58.0 Å². The van der Waals surface area contributed by atoms with Gasteiger partial charge in [0, 0.05) is 18.4 Å². The molecular formula is C10H19N3OS2. The van der Waals surface area contributed by atoms with E-state index in [0.29, 0.717) is 6.04 Å². The minimum absolute atomic E-state index is 0.233. The van der Waals surface area contributed by atoms with Crippen molar-refractivity contribution in [1.29, 1.82) is 0 Å². The Balaban J connectivity index is 2.30. The predicted molar refractivity (Wildman–Crippen MR) is 69.2 cm³/mol. The van der Waals surface area contributed by atoms with Crippen LogP contribution in [0, 0.1) is 6.92 Å². The molecule has 0 saturated carbocycles. The number of hydrogen-bond acceptors (Lipinski definition) is 6. The van der Waals surface area contributed by atoms with E-state index in [9.17, 15) is 0 Å². The summed E-state index contributed by atoms with van der Waals surface area (Å²) in [6.45, 7) is 5.28. The minimum Gasteiger partial charge on any atom is -0.396 e. The van der Waals surface area contributed by atoms with E-state index in [1.165, 1.54) is 11.5 Å². The molecule has 0 fully saturated rings. The lowest BCUT2D eigenvalue weighted by Gasteiger charge is -2.15. The highest BCUT2D eigenvalue weighted by Gasteiger charge is 2.09. The van der Waals surface area contributed by atoms with E-state index < -0.39 is 0 Å². The van der Waals surface area contributed by atoms with Crippen LogP contribution in [0.15, 0.2) is 4.34 Å². The molecule has 0 saturated heterocycles. The smallest absolute Gasteiger partial charge is 0.170 e. The molecule has 1 unspecified atom stereocenters. The van der Waals surface area contributed by atoms with E-state index in [0.717, 1.165) is 35.3 Å². The Hall–Kier alpha value is -0.170. The number of aliphatic hydroxyl groups excluding tert-OH is 1. The summed E-state index contributed by atoms with van der Waals surface area (Å²) in [6, 6.07) is 0.360. The van der Waals surface area contributed by atoms with Crippen molar-refractivity contribution in [2.45, 2.75) is 37.1 Å². The maximum Gasteiger partial charge on any atom is 0.170 e. The molecule has 1 rings (SSSR count). The number of aryl methyl sites for hydroxylation is 1. The summed E-state index contributed by atoms with van der Waals surface area (Å²) in [5.74, 6) is 1.78. The van der Waals surface area contributed by atoms with E-state index >= 15 is 0 Å². The Morgan fingerprint density at radius 1 is 1.56 bits per heavy atom. The highest BCUT2D eigenvalue weighted by atomic mass is 32.2. The molecule has 0 aliphatic carbocycles. The lowest BCUT2D eigenvalue weighted by molar-refractivity contribution is 0.270. The van der Waals surface area contributed by atoms with Gasteiger partial charge in [0.25, 0.3) is 0 Å². The molecule has 1 heterocycles. The van der Waals surface area contributed by atoms with Gasteiger partial charge in [0.15, 0.2) is 4.34 Å². The standard InChI is InChI=1S/C10H19N3OS2/c1-3-5-11-9(4-6-14)7-15-10-12-8(2)13-16-10/h9,11,14H,3-7H2,1-2H3. The van der Waals surface area contributed by atoms with Crippen LogP contribution in [0.25, 0.3) is 0 Å². The second kappa shape index (κ2) is 8.00. The van der Waals surface area contributed by atoms with Crippen molar-refractivity contribution in [3.8, 4) is 0 Å². The Labute approximate surface area is 105 Å². The number of nitrogens with one attached hydrogen (secondary N) is 1. The first-order valence-electron chi connectivity index (χ1n) is 5.53. The molecule has 0 aliphatic rings. The van der Waals surface area contributed by atoms with Gasteiger partial charge >= 0.3 is 0 Å². The third kappa shape index (κ3) is 5.25. The van der Waals surface area contributed by atoms with Crippen molar-refractivity contribution >= 4 is 23.3 Å². The molecule has 0 radical (unpaired) electrons. The van der Waals surface area contributed by atoms with Crippen molar-refractivity contribution in [2.75, 3.05) is 18.9 Å². The summed E-state index contributed by atoms with van der Waals surface area (Å²) in [4.78, 5) is 4.30. The number of aromatic nitrogens is 2. The fourth-order valence-electron chi connectivity index (χ4n) is 1.26. The molecular weight excluding hydrogens is 242 g/mol. The monoisotopic (exact) mass is 261 g/mol. The van der Waals surface area contributed by atoms with Crippen LogP contribution in [0.3, 0.4) is 0 Å². The van der Waals surface area contributed by atoms with E-state index in [1.54, 1.807) is 11.8 Å². The molecule has 0 aliphatic heterocycles. The number of thioether (sulfide) groups is 1. The van der Waals surface area contributed by atoms with Gasteiger partial charge in [0.2, 0.25) is 0 Å². The van der Waals surface area contributed by atoms with E-state index in [2.05, 4.69) is 21.6 Å². The van der Waals surface area contributed by atoms with Crippen molar-refractivity contribution in [3.05, 3.63) is 5.82 Å². The lowest BCUT2D eigenvalue weighted by Crippen LogP contribution is -2.32. The number of aliphatic hydroxyl groups is 1. The average Bonchev–Trinajstić information content (AvgIpc) is 2.68. The van der Waals surface area contributed by atoms with Gasteiger partial charge in [-0.3, -0.25) is 0 Å². The highest BCUT2D eigenvalue weighted by Crippen LogP contribution is 2.21. The lowest BCUT2D eigenvalue weighted by atomic mass is 10.2. The summed E-state index contributed by atoms with van der Waals surface area (Å²) in [5.41, 5.74) is 0. The molecule has 1 aromatic heterocycles. The van der Waals surface area contributed by atoms with Crippen LogP contribution in [0.5, 0.6) is 0 Å². The van der Waals surface area contributed by atoms with Crippen LogP contribution in [-0.2, 0) is 0 Å². The first kappa shape index (κ1) is 13.9. The third-order valence-corrected chi connectivity index (χ3v) is 4.16. The summed E-state index contributed by atoms with van der Waals surface area (Å²) >= 11 is 3.16. The molecule has 92 valence electrons. The summed E-state index contributed by atoms with van der Waals surface area (Å²) in [7, 11) is 0. The normalized spacial score (nSPS) is 12.9. The average molecular weight is 261 g/mol. The minimum atomic E-state index is 0.233. The van der Waals surface area contributed by atoms with Crippen LogP contribution < -0.4 is 5.32 Å². The Bertz CT molecular complexity index is 293. The molecule has 0 aromatic carbocycles. The van der Waals surface area contributed by atoms with Gasteiger partial charge in [0.05, 0.1) is 0 Å². The third-order valence-electron chi connectivity index (χ3n) is 2.08. The molecule has 0 amide bonds. The van der Waals surface area contributed by atoms with Crippen LogP contribution in [0.4, 0.5) is 0 Å². The second-order valence-electron chi connectivity index (χ2n) is 3.58. The van der Waals surface area contributed by atoms with Gasteiger partial charge in [0.1, 0.15) is 5.82 Å². The first-order chi connectivity index (χ1) is 7.76. The fourth-order valence-corrected chi connectivity index (χ4v) is 3.03. The molecule has 1 atom stereocenters. The highest BCUT2D eigenvalue weighted by molar-refractivity contribution is 8.00. The van der Waals surface area contributed by atoms with Crippen LogP contribution in [-0.4, -0.2) is 39.4 Å². The fraction of sp³-hybridized carbons (Fsp3) is 0.800. The van der Waals surface area contributed by atoms with Gasteiger partial charge in [-0.05, 0) is 37.8 Å². The quantitative estimate of drug-likeness (QED) is 0.697. The maximum atomic E-state index is 8.96. The summed E-state index contributed by atoms with van der Waals surface area (Å²) < 4.78 is 5.16. The zero-order chi connectivity index (χ0) is 11.8. The van der Waals surface area contributed by atoms with Gasteiger partial charge in [-0.15, -0.1) is 0 Å². The van der Waals surface area contributed by atoms with E-state index in [1.807, 2.05) is 6.92 Å². The van der Waals surface area contributed by atoms with Gasteiger partial charge in [-0.1, -0.05) is 18.7 Å². The Morgan fingerprint density at radius 3 is 2.94 bits per heavy atom. The van der Waals surface area contributed by atoms with Gasteiger partial charge in [-0.2, -0.15) is 4.37 Å². The van der Waals surface area contributed by atoms with Crippen LogP contribution in [0.1, 0.15) is 25.6 Å². The van der Waals surface area contributed by atoms with Crippen molar-refractivity contribution < 1.29 is 5.11 Å². The molecule has 0 bridgehead atoms. The second-order valence-corrected chi connectivity index (χ2v) is 5.60. The number of hydrogen-bond donors (Lipinski definition) is 2. The molecule has 1 aromatic rings. The molecule has 6 heteroatoms. The number of rotatable bonds is 8. The molecule has 2 N–H and O–H groups in total. The summed E-state index contributed by atoms with van der Waals surface area (Å²) in [6.07, 6.45) is 1.91. The Morgan fingerprint density at radius 2 is 2.38 bits per heavy atom. The van der Waals surface area contributed by atoms with Crippen molar-refractivity contribution in [3.63, 3.8) is 0 Å². The van der Waals surface area contributed by atoms with Crippen molar-refractivity contribution in [2.24, 2.45) is 0 Å². The molecule has 4 nitrogen and oxygen atoms in total. The van der Waals surface area contributed by atoms with E-state index in [-0.39, 0.29) is 6.61 Å². The zero-order valence-electron chi connectivity index (χ0n) is 9.77. The van der Waals surface area contributed by atoms with Gasteiger partial charge < -0.3 is 10.4 Å². The van der Waals surface area contributed by atoms with Crippen molar-refractivity contribution in [1.82, 2.24) is 14.7 Å². The van der Waals surface area contributed by atoms with Crippen LogP contribution >= 0.6 is 23.3 Å². The number of nitrogens with zero attached hydrogens (tertiary/aromatic N) is 2. The SMILES string of the molecule is CCCNC(CCO)CSc1nc(C)ns1.